The lowest BCUT2D eigenvalue weighted by Crippen LogP contribution is -2.23. The molecule has 132 valence electrons. The van der Waals surface area contributed by atoms with Crippen molar-refractivity contribution in [3.8, 4) is 0 Å². The molecule has 0 aliphatic rings. The third-order valence-corrected chi connectivity index (χ3v) is 4.02. The summed E-state index contributed by atoms with van der Waals surface area (Å²) < 4.78 is 28.3. The van der Waals surface area contributed by atoms with E-state index in [1.54, 1.807) is 0 Å². The normalized spacial score (nSPS) is 10.6. The van der Waals surface area contributed by atoms with Crippen molar-refractivity contribution in [2.75, 3.05) is 5.32 Å². The van der Waals surface area contributed by atoms with Gasteiger partial charge in [0, 0.05) is 18.3 Å². The Morgan fingerprint density at radius 2 is 1.85 bits per heavy atom. The number of halogens is 2. The fourth-order valence-corrected chi connectivity index (χ4v) is 2.55. The molecule has 26 heavy (non-hydrogen) atoms. The van der Waals surface area contributed by atoms with E-state index < -0.39 is 17.5 Å². The van der Waals surface area contributed by atoms with E-state index in [1.807, 2.05) is 31.2 Å². The molecule has 4 nitrogen and oxygen atoms in total. The lowest BCUT2D eigenvalue weighted by Gasteiger charge is -2.11. The molecule has 0 atom stereocenters. The van der Waals surface area contributed by atoms with E-state index in [-0.39, 0.29) is 16.8 Å². The van der Waals surface area contributed by atoms with Gasteiger partial charge in [-0.05, 0) is 36.2 Å². The summed E-state index contributed by atoms with van der Waals surface area (Å²) in [4.78, 5) is 24.4. The molecule has 0 saturated carbocycles. The summed E-state index contributed by atoms with van der Waals surface area (Å²) in [6.07, 6.45) is 1.40. The molecule has 3 aromatic rings. The maximum atomic E-state index is 13.7. The number of carbonyl (C=O) groups excluding carboxylic acids is 1. The lowest BCUT2D eigenvalue weighted by molar-refractivity contribution is 0.102. The zero-order chi connectivity index (χ0) is 18.7. The van der Waals surface area contributed by atoms with Gasteiger partial charge >= 0.3 is 0 Å². The first-order chi connectivity index (χ1) is 12.4. The summed E-state index contributed by atoms with van der Waals surface area (Å²) in [5.41, 5.74) is 1.62. The number of nitrogens with zero attached hydrogens (tertiary/aromatic N) is 1. The van der Waals surface area contributed by atoms with Crippen LogP contribution in [0, 0.1) is 18.6 Å². The fraction of sp³-hybridized carbons (Fsp3) is 0.100. The van der Waals surface area contributed by atoms with Crippen molar-refractivity contribution in [3.63, 3.8) is 0 Å². The molecule has 6 heteroatoms. The fourth-order valence-electron chi connectivity index (χ4n) is 2.55. The van der Waals surface area contributed by atoms with Gasteiger partial charge in [-0.2, -0.15) is 0 Å². The quantitative estimate of drug-likeness (QED) is 0.776. The van der Waals surface area contributed by atoms with Gasteiger partial charge in [0.25, 0.3) is 11.5 Å². The van der Waals surface area contributed by atoms with E-state index in [2.05, 4.69) is 5.32 Å². The van der Waals surface area contributed by atoms with Gasteiger partial charge in [0.15, 0.2) is 0 Å². The number of anilines is 1. The summed E-state index contributed by atoms with van der Waals surface area (Å²) in [5, 5.41) is 2.32. The summed E-state index contributed by atoms with van der Waals surface area (Å²) in [7, 11) is 0. The van der Waals surface area contributed by atoms with Gasteiger partial charge in [-0.15, -0.1) is 0 Å². The predicted octanol–water partition coefficient (Wildman–Crippen LogP) is 3.74. The molecule has 0 fully saturated rings. The summed E-state index contributed by atoms with van der Waals surface area (Å²) >= 11 is 0. The first-order valence-corrected chi connectivity index (χ1v) is 7.95. The van der Waals surface area contributed by atoms with Gasteiger partial charge in [0.05, 0.1) is 17.8 Å². The summed E-state index contributed by atoms with van der Waals surface area (Å²) in [5.74, 6) is -2.03. The van der Waals surface area contributed by atoms with Gasteiger partial charge in [-0.1, -0.05) is 24.3 Å². The van der Waals surface area contributed by atoms with Crippen LogP contribution >= 0.6 is 0 Å². The van der Waals surface area contributed by atoms with E-state index >= 15 is 0 Å². The van der Waals surface area contributed by atoms with Crippen molar-refractivity contribution < 1.29 is 13.6 Å². The highest BCUT2D eigenvalue weighted by atomic mass is 19.1. The zero-order valence-corrected chi connectivity index (χ0v) is 14.0. The molecule has 0 aliphatic heterocycles. The van der Waals surface area contributed by atoms with E-state index in [0.29, 0.717) is 6.54 Å². The Hall–Kier alpha value is -3.28. The highest BCUT2D eigenvalue weighted by molar-refractivity contribution is 6.04. The molecule has 3 rings (SSSR count). The number of aromatic nitrogens is 1. The third-order valence-electron chi connectivity index (χ3n) is 4.02. The van der Waals surface area contributed by atoms with Gasteiger partial charge < -0.3 is 9.88 Å². The van der Waals surface area contributed by atoms with Crippen LogP contribution in [0.3, 0.4) is 0 Å². The summed E-state index contributed by atoms with van der Waals surface area (Å²) in [6, 6.07) is 13.0. The Morgan fingerprint density at radius 3 is 2.62 bits per heavy atom. The number of aryl methyl sites for hydroxylation is 1. The van der Waals surface area contributed by atoms with Crippen LogP contribution in [0.4, 0.5) is 14.5 Å². The monoisotopic (exact) mass is 354 g/mol. The lowest BCUT2D eigenvalue weighted by atomic mass is 10.1. The second-order valence-corrected chi connectivity index (χ2v) is 5.89. The van der Waals surface area contributed by atoms with Crippen molar-refractivity contribution in [3.05, 3.63) is 99.5 Å². The average molecular weight is 354 g/mol. The maximum Gasteiger partial charge on any atom is 0.257 e. The van der Waals surface area contributed by atoms with Crippen LogP contribution in [-0.2, 0) is 6.54 Å². The number of amides is 1. The maximum absolute atomic E-state index is 13.7. The number of benzene rings is 2. The SMILES string of the molecule is Cc1ccccc1Cn1cc(C(=O)Nc2cc(F)ccc2F)ccc1=O. The smallest absolute Gasteiger partial charge is 0.257 e. The molecular weight excluding hydrogens is 338 g/mol. The number of hydrogen-bond acceptors (Lipinski definition) is 2. The number of pyridine rings is 1. The van der Waals surface area contributed by atoms with E-state index in [9.17, 15) is 18.4 Å². The number of carbonyl (C=O) groups is 1. The van der Waals surface area contributed by atoms with Gasteiger partial charge in [-0.3, -0.25) is 9.59 Å². The highest BCUT2D eigenvalue weighted by Crippen LogP contribution is 2.16. The molecule has 1 aromatic heterocycles. The van der Waals surface area contributed by atoms with Gasteiger partial charge in [0.2, 0.25) is 0 Å². The molecule has 0 spiro atoms. The van der Waals surface area contributed by atoms with Crippen LogP contribution in [0.5, 0.6) is 0 Å². The molecule has 0 unspecified atom stereocenters. The standard InChI is InChI=1S/C20H16F2N2O2/c1-13-4-2-3-5-14(13)11-24-12-15(6-9-19(24)25)20(26)23-18-10-16(21)7-8-17(18)22/h2-10,12H,11H2,1H3,(H,23,26). The predicted molar refractivity (Wildman–Crippen MR) is 95.3 cm³/mol. The Bertz CT molecular complexity index is 1030. The minimum absolute atomic E-state index is 0.168. The molecular formula is C20H16F2N2O2. The number of nitrogens with one attached hydrogen (secondary N) is 1. The van der Waals surface area contributed by atoms with Crippen molar-refractivity contribution in [1.82, 2.24) is 4.57 Å². The van der Waals surface area contributed by atoms with Crippen LogP contribution in [0.2, 0.25) is 0 Å². The van der Waals surface area contributed by atoms with Crippen LogP contribution in [0.15, 0.2) is 65.6 Å². The Kier molecular flexibility index (Phi) is 4.93. The molecule has 1 heterocycles. The van der Waals surface area contributed by atoms with Crippen LogP contribution in [-0.4, -0.2) is 10.5 Å². The highest BCUT2D eigenvalue weighted by Gasteiger charge is 2.12. The van der Waals surface area contributed by atoms with E-state index in [0.717, 1.165) is 29.3 Å². The molecule has 0 bridgehead atoms. The topological polar surface area (TPSA) is 51.1 Å². The molecule has 2 aromatic carbocycles. The van der Waals surface area contributed by atoms with Crippen LogP contribution < -0.4 is 10.9 Å². The minimum Gasteiger partial charge on any atom is -0.319 e. The summed E-state index contributed by atoms with van der Waals surface area (Å²) in [6.45, 7) is 2.24. The van der Waals surface area contributed by atoms with Crippen LogP contribution in [0.25, 0.3) is 0 Å². The average Bonchev–Trinajstić information content (AvgIpc) is 2.62. The van der Waals surface area contributed by atoms with Gasteiger partial charge in [0.1, 0.15) is 11.6 Å². The minimum atomic E-state index is -0.743. The Labute approximate surface area is 148 Å². The van der Waals surface area contributed by atoms with Crippen LogP contribution in [0.1, 0.15) is 21.5 Å². The van der Waals surface area contributed by atoms with Gasteiger partial charge in [-0.25, -0.2) is 8.78 Å². The Balaban J connectivity index is 1.87. The molecule has 0 radical (unpaired) electrons. The second-order valence-electron chi connectivity index (χ2n) is 5.89. The van der Waals surface area contributed by atoms with Crippen molar-refractivity contribution in [1.29, 1.82) is 0 Å². The van der Waals surface area contributed by atoms with E-state index in [1.165, 1.54) is 22.9 Å². The van der Waals surface area contributed by atoms with E-state index in [4.69, 9.17) is 0 Å². The molecule has 0 saturated heterocycles. The van der Waals surface area contributed by atoms with Crippen molar-refractivity contribution in [2.24, 2.45) is 0 Å². The molecule has 1 N–H and O–H groups in total. The van der Waals surface area contributed by atoms with Crippen molar-refractivity contribution >= 4 is 11.6 Å². The first-order valence-electron chi connectivity index (χ1n) is 7.95. The largest absolute Gasteiger partial charge is 0.319 e. The molecule has 1 amide bonds. The third kappa shape index (κ3) is 3.85. The Morgan fingerprint density at radius 1 is 1.08 bits per heavy atom. The zero-order valence-electron chi connectivity index (χ0n) is 14.0. The molecule has 0 aliphatic carbocycles. The van der Waals surface area contributed by atoms with Crippen molar-refractivity contribution in [2.45, 2.75) is 13.5 Å². The second kappa shape index (κ2) is 7.31. The number of rotatable bonds is 4. The number of hydrogen-bond donors (Lipinski definition) is 1. The first kappa shape index (κ1) is 17.5.